The molecule has 3 aromatic rings. The zero-order valence-corrected chi connectivity index (χ0v) is 17.5. The van der Waals surface area contributed by atoms with E-state index in [1.807, 2.05) is 24.1 Å². The van der Waals surface area contributed by atoms with Crippen molar-refractivity contribution < 1.29 is 17.6 Å². The predicted octanol–water partition coefficient (Wildman–Crippen LogP) is 4.20. The lowest BCUT2D eigenvalue weighted by Crippen LogP contribution is -2.38. The summed E-state index contributed by atoms with van der Waals surface area (Å²) >= 11 is 1.32. The van der Waals surface area contributed by atoms with E-state index in [2.05, 4.69) is 9.71 Å². The molecule has 150 valence electrons. The van der Waals surface area contributed by atoms with Crippen molar-refractivity contribution in [2.45, 2.75) is 18.7 Å². The molecule has 1 N–H and O–H groups in total. The monoisotopic (exact) mass is 429 g/mol. The van der Waals surface area contributed by atoms with Gasteiger partial charge in [-0.1, -0.05) is 19.9 Å². The Hall–Kier alpha value is -2.91. The van der Waals surface area contributed by atoms with Crippen LogP contribution in [-0.2, 0) is 10.0 Å². The van der Waals surface area contributed by atoms with Crippen LogP contribution in [0.15, 0.2) is 68.0 Å². The number of carbonyl (C=O) groups excluding carboxylic acids is 1. The largest absolute Gasteiger partial charge is 0.472 e. The van der Waals surface area contributed by atoms with Crippen molar-refractivity contribution in [2.75, 3.05) is 16.8 Å². The van der Waals surface area contributed by atoms with Crippen LogP contribution in [0, 0.1) is 5.92 Å². The minimum absolute atomic E-state index is 0.0642. The van der Waals surface area contributed by atoms with E-state index in [0.29, 0.717) is 34.2 Å². The van der Waals surface area contributed by atoms with E-state index in [1.165, 1.54) is 29.9 Å². The van der Waals surface area contributed by atoms with E-state index in [-0.39, 0.29) is 16.7 Å². The molecule has 2 aromatic heterocycles. The summed E-state index contributed by atoms with van der Waals surface area (Å²) in [5, 5.41) is 4.56. The van der Waals surface area contributed by atoms with E-state index in [9.17, 15) is 13.2 Å². The zero-order valence-electron chi connectivity index (χ0n) is 15.8. The number of thiophene rings is 1. The molecular weight excluding hydrogens is 410 g/mol. The summed E-state index contributed by atoms with van der Waals surface area (Å²) in [5.74, 6) is 0.309. The van der Waals surface area contributed by atoms with Crippen molar-refractivity contribution >= 4 is 44.5 Å². The van der Waals surface area contributed by atoms with Crippen molar-refractivity contribution in [1.82, 2.24) is 0 Å². The molecule has 1 aliphatic heterocycles. The number of furan rings is 1. The Morgan fingerprint density at radius 2 is 2.10 bits per heavy atom. The number of amides is 1. The number of nitrogens with one attached hydrogen (secondary N) is 1. The average molecular weight is 430 g/mol. The lowest BCUT2D eigenvalue weighted by atomic mass is 10.1. The van der Waals surface area contributed by atoms with Gasteiger partial charge in [0.25, 0.3) is 15.9 Å². The highest BCUT2D eigenvalue weighted by atomic mass is 32.2. The molecule has 1 aromatic carbocycles. The molecule has 3 heterocycles. The lowest BCUT2D eigenvalue weighted by Gasteiger charge is -2.32. The second-order valence-corrected chi connectivity index (χ2v) is 9.54. The number of hydrogen-bond donors (Lipinski definition) is 1. The fourth-order valence-electron chi connectivity index (χ4n) is 3.10. The van der Waals surface area contributed by atoms with Crippen LogP contribution in [0.4, 0.5) is 11.4 Å². The van der Waals surface area contributed by atoms with Crippen LogP contribution in [0.1, 0.15) is 29.1 Å². The van der Waals surface area contributed by atoms with Gasteiger partial charge < -0.3 is 14.6 Å². The van der Waals surface area contributed by atoms with Crippen LogP contribution < -0.4 is 10.2 Å². The van der Waals surface area contributed by atoms with E-state index in [0.717, 1.165) is 0 Å². The number of fused-ring (bicyclic) bond motifs is 1. The van der Waals surface area contributed by atoms with Gasteiger partial charge in [0.05, 0.1) is 22.4 Å². The second kappa shape index (κ2) is 7.49. The van der Waals surface area contributed by atoms with Gasteiger partial charge >= 0.3 is 0 Å². The van der Waals surface area contributed by atoms with Crippen LogP contribution in [0.25, 0.3) is 0 Å². The fraction of sp³-hybridized carbons (Fsp3) is 0.200. The maximum Gasteiger partial charge on any atom is 0.286 e. The maximum atomic E-state index is 12.9. The topological polar surface area (TPSA) is 92.0 Å². The lowest BCUT2D eigenvalue weighted by molar-refractivity contribution is 0.103. The third kappa shape index (κ3) is 3.83. The summed E-state index contributed by atoms with van der Waals surface area (Å²) in [6, 6.07) is 10.0. The Morgan fingerprint density at radius 1 is 1.28 bits per heavy atom. The first-order valence-electron chi connectivity index (χ1n) is 8.99. The van der Waals surface area contributed by atoms with Gasteiger partial charge in [0.15, 0.2) is 5.84 Å². The van der Waals surface area contributed by atoms with E-state index >= 15 is 0 Å². The normalized spacial score (nSPS) is 15.1. The van der Waals surface area contributed by atoms with Crippen molar-refractivity contribution in [3.8, 4) is 0 Å². The number of carbonyl (C=O) groups is 1. The third-order valence-electron chi connectivity index (χ3n) is 4.32. The Labute approximate surface area is 172 Å². The van der Waals surface area contributed by atoms with Crippen LogP contribution in [0.2, 0.25) is 0 Å². The molecule has 4 rings (SSSR count). The summed E-state index contributed by atoms with van der Waals surface area (Å²) in [5.41, 5.74) is 1.52. The third-order valence-corrected chi connectivity index (χ3v) is 6.49. The minimum Gasteiger partial charge on any atom is -0.472 e. The molecule has 0 atom stereocenters. The molecule has 0 spiro atoms. The number of nitrogens with zero attached hydrogens (tertiary/aromatic N) is 2. The number of amidine groups is 1. The Morgan fingerprint density at radius 3 is 2.76 bits per heavy atom. The summed E-state index contributed by atoms with van der Waals surface area (Å²) in [6.07, 6.45) is 2.96. The SMILES string of the molecule is CC(C)CN1C(c2ccoc2)=NS(=O)(=O)c2cc(NC(=O)c3cccs3)ccc21. The molecule has 1 aliphatic rings. The summed E-state index contributed by atoms with van der Waals surface area (Å²) in [7, 11) is -3.94. The maximum absolute atomic E-state index is 12.9. The molecular formula is C20H19N3O4S2. The number of sulfonamides is 1. The molecule has 0 fully saturated rings. The minimum atomic E-state index is -3.94. The van der Waals surface area contributed by atoms with E-state index in [1.54, 1.807) is 30.3 Å². The van der Waals surface area contributed by atoms with E-state index < -0.39 is 10.0 Å². The van der Waals surface area contributed by atoms with Crippen molar-refractivity contribution in [1.29, 1.82) is 0 Å². The summed E-state index contributed by atoms with van der Waals surface area (Å²) < 4.78 is 35.0. The Kier molecular flexibility index (Phi) is 5.01. The molecule has 29 heavy (non-hydrogen) atoms. The van der Waals surface area contributed by atoms with Gasteiger partial charge in [-0.2, -0.15) is 8.42 Å². The van der Waals surface area contributed by atoms with Gasteiger partial charge in [-0.25, -0.2) is 0 Å². The highest BCUT2D eigenvalue weighted by Crippen LogP contribution is 2.36. The highest BCUT2D eigenvalue weighted by Gasteiger charge is 2.32. The van der Waals surface area contributed by atoms with Crippen LogP contribution >= 0.6 is 11.3 Å². The zero-order chi connectivity index (χ0) is 20.6. The van der Waals surface area contributed by atoms with Gasteiger partial charge in [0.1, 0.15) is 11.2 Å². The first-order chi connectivity index (χ1) is 13.8. The summed E-state index contributed by atoms with van der Waals surface area (Å²) in [6.45, 7) is 4.67. The average Bonchev–Trinajstić information content (AvgIpc) is 3.37. The summed E-state index contributed by atoms with van der Waals surface area (Å²) in [4.78, 5) is 14.8. The van der Waals surface area contributed by atoms with Gasteiger partial charge in [0, 0.05) is 12.2 Å². The molecule has 9 heteroatoms. The molecule has 0 radical (unpaired) electrons. The van der Waals surface area contributed by atoms with Crippen LogP contribution in [0.5, 0.6) is 0 Å². The molecule has 0 unspecified atom stereocenters. The number of anilines is 2. The number of hydrogen-bond acceptors (Lipinski definition) is 6. The molecule has 7 nitrogen and oxygen atoms in total. The van der Waals surface area contributed by atoms with Gasteiger partial charge in [0.2, 0.25) is 0 Å². The molecule has 1 amide bonds. The molecule has 0 aliphatic carbocycles. The standard InChI is InChI=1S/C20H19N3O4S2/c1-13(2)11-23-16-6-5-15(21-20(24)17-4-3-9-28-17)10-18(16)29(25,26)22-19(23)14-7-8-27-12-14/h3-10,12-13H,11H2,1-2H3,(H,21,24). The van der Waals surface area contributed by atoms with Gasteiger partial charge in [-0.3, -0.25) is 4.79 Å². The number of benzene rings is 1. The molecule has 0 saturated heterocycles. The molecule has 0 saturated carbocycles. The quantitative estimate of drug-likeness (QED) is 0.656. The predicted molar refractivity (Wildman–Crippen MR) is 113 cm³/mol. The van der Waals surface area contributed by atoms with Crippen molar-refractivity contribution in [2.24, 2.45) is 10.3 Å². The van der Waals surface area contributed by atoms with Crippen LogP contribution in [-0.4, -0.2) is 26.7 Å². The van der Waals surface area contributed by atoms with Crippen molar-refractivity contribution in [3.63, 3.8) is 0 Å². The van der Waals surface area contributed by atoms with E-state index in [4.69, 9.17) is 4.42 Å². The van der Waals surface area contributed by atoms with Crippen LogP contribution in [0.3, 0.4) is 0 Å². The molecule has 0 bridgehead atoms. The van der Waals surface area contributed by atoms with Gasteiger partial charge in [-0.15, -0.1) is 15.7 Å². The Bertz CT molecular complexity index is 1160. The van der Waals surface area contributed by atoms with Crippen molar-refractivity contribution in [3.05, 3.63) is 64.7 Å². The van der Waals surface area contributed by atoms with Gasteiger partial charge in [-0.05, 0) is 41.6 Å². The first kappa shape index (κ1) is 19.4. The second-order valence-electron chi connectivity index (χ2n) is 7.02. The highest BCUT2D eigenvalue weighted by molar-refractivity contribution is 7.90. The number of rotatable bonds is 5. The Balaban J connectivity index is 1.76. The fourth-order valence-corrected chi connectivity index (χ4v) is 4.97. The smallest absolute Gasteiger partial charge is 0.286 e. The first-order valence-corrected chi connectivity index (χ1v) is 11.3.